The summed E-state index contributed by atoms with van der Waals surface area (Å²) in [5.74, 6) is -0.318. The Morgan fingerprint density at radius 1 is 1.29 bits per heavy atom. The molecule has 0 atom stereocenters. The Labute approximate surface area is 102 Å². The molecular formula is C12H22N2O3. The molecule has 0 aromatic carbocycles. The van der Waals surface area contributed by atoms with Crippen LogP contribution in [0.4, 0.5) is 4.79 Å². The third-order valence-electron chi connectivity index (χ3n) is 3.68. The first-order chi connectivity index (χ1) is 7.93. The minimum absolute atomic E-state index is 0.199. The molecule has 5 nitrogen and oxygen atoms in total. The molecule has 98 valence electrons. The van der Waals surface area contributed by atoms with E-state index in [1.165, 1.54) is 0 Å². The van der Waals surface area contributed by atoms with E-state index in [4.69, 9.17) is 0 Å². The summed E-state index contributed by atoms with van der Waals surface area (Å²) in [5.41, 5.74) is -1.14. The fourth-order valence-corrected chi connectivity index (χ4v) is 2.24. The van der Waals surface area contributed by atoms with Gasteiger partial charge in [-0.3, -0.25) is 0 Å². The molecule has 2 amide bonds. The predicted octanol–water partition coefficient (Wildman–Crippen LogP) is 1.73. The van der Waals surface area contributed by atoms with Gasteiger partial charge in [0.25, 0.3) is 0 Å². The van der Waals surface area contributed by atoms with Crippen LogP contribution in [0.3, 0.4) is 0 Å². The lowest BCUT2D eigenvalue weighted by Gasteiger charge is -2.35. The zero-order valence-corrected chi connectivity index (χ0v) is 10.7. The summed E-state index contributed by atoms with van der Waals surface area (Å²) in [6.07, 6.45) is 2.72. The van der Waals surface area contributed by atoms with Gasteiger partial charge in [0.2, 0.25) is 0 Å². The first kappa shape index (κ1) is 13.8. The molecule has 0 saturated heterocycles. The number of carboxylic acid groups (broad SMARTS) is 1. The van der Waals surface area contributed by atoms with Crippen LogP contribution < -0.4 is 10.6 Å². The summed E-state index contributed by atoms with van der Waals surface area (Å²) < 4.78 is 0. The lowest BCUT2D eigenvalue weighted by Crippen LogP contribution is -2.59. The van der Waals surface area contributed by atoms with E-state index in [0.717, 1.165) is 12.8 Å². The Bertz CT molecular complexity index is 294. The van der Waals surface area contributed by atoms with Gasteiger partial charge in [-0.05, 0) is 31.6 Å². The van der Waals surface area contributed by atoms with Crippen molar-refractivity contribution in [2.45, 2.75) is 58.0 Å². The molecular weight excluding hydrogens is 220 g/mol. The molecule has 1 saturated carbocycles. The number of carbonyl (C=O) groups excluding carboxylic acids is 1. The van der Waals surface area contributed by atoms with Crippen molar-refractivity contribution in [3.63, 3.8) is 0 Å². The number of hydrogen-bond donors (Lipinski definition) is 3. The zero-order chi connectivity index (χ0) is 13.1. The summed E-state index contributed by atoms with van der Waals surface area (Å²) in [6, 6.07) is -0.168. The van der Waals surface area contributed by atoms with E-state index < -0.39 is 11.5 Å². The average Bonchev–Trinajstić information content (AvgIpc) is 2.23. The average molecular weight is 242 g/mol. The summed E-state index contributed by atoms with van der Waals surface area (Å²) >= 11 is 0. The number of rotatable bonds is 5. The number of nitrogens with one attached hydrogen (secondary N) is 2. The molecule has 17 heavy (non-hydrogen) atoms. The van der Waals surface area contributed by atoms with Crippen molar-refractivity contribution >= 4 is 12.0 Å². The first-order valence-electron chi connectivity index (χ1n) is 6.25. The van der Waals surface area contributed by atoms with E-state index >= 15 is 0 Å². The van der Waals surface area contributed by atoms with Crippen LogP contribution in [0.2, 0.25) is 0 Å². The topological polar surface area (TPSA) is 78.4 Å². The number of aliphatic carboxylic acids is 1. The van der Waals surface area contributed by atoms with Gasteiger partial charge in [0.1, 0.15) is 5.54 Å². The molecule has 0 heterocycles. The van der Waals surface area contributed by atoms with Crippen LogP contribution in [0.5, 0.6) is 0 Å². The highest BCUT2D eigenvalue weighted by Crippen LogP contribution is 2.26. The Kier molecular flexibility index (Phi) is 4.37. The molecule has 1 rings (SSSR count). The van der Waals surface area contributed by atoms with Gasteiger partial charge in [0.05, 0.1) is 0 Å². The Morgan fingerprint density at radius 3 is 2.18 bits per heavy atom. The van der Waals surface area contributed by atoms with E-state index in [9.17, 15) is 14.7 Å². The molecule has 0 aromatic rings. The van der Waals surface area contributed by atoms with Crippen LogP contribution in [0.1, 0.15) is 46.5 Å². The van der Waals surface area contributed by atoms with Gasteiger partial charge in [-0.15, -0.1) is 0 Å². The van der Waals surface area contributed by atoms with Crippen LogP contribution in [-0.4, -0.2) is 28.7 Å². The molecule has 0 bridgehead atoms. The maximum absolute atomic E-state index is 11.7. The Hall–Kier alpha value is -1.26. The Balaban J connectivity index is 2.49. The summed E-state index contributed by atoms with van der Waals surface area (Å²) in [4.78, 5) is 22.9. The molecule has 0 aliphatic heterocycles. The van der Waals surface area contributed by atoms with E-state index in [2.05, 4.69) is 17.6 Å². The normalized spacial score (nSPS) is 23.7. The minimum atomic E-state index is -1.14. The van der Waals surface area contributed by atoms with Crippen molar-refractivity contribution in [1.82, 2.24) is 10.6 Å². The predicted molar refractivity (Wildman–Crippen MR) is 64.8 cm³/mol. The maximum Gasteiger partial charge on any atom is 0.329 e. The lowest BCUT2D eigenvalue weighted by atomic mass is 9.82. The number of urea groups is 1. The molecule has 1 aliphatic carbocycles. The van der Waals surface area contributed by atoms with Gasteiger partial charge in [-0.2, -0.15) is 0 Å². The highest BCUT2D eigenvalue weighted by atomic mass is 16.4. The van der Waals surface area contributed by atoms with Crippen LogP contribution >= 0.6 is 0 Å². The molecule has 3 N–H and O–H groups in total. The van der Waals surface area contributed by atoms with E-state index in [1.54, 1.807) is 13.8 Å². The van der Waals surface area contributed by atoms with Gasteiger partial charge in [-0.25, -0.2) is 9.59 Å². The van der Waals surface area contributed by atoms with Crippen molar-refractivity contribution in [3.05, 3.63) is 0 Å². The minimum Gasteiger partial charge on any atom is -0.480 e. The molecule has 5 heteroatoms. The number of carboxylic acids is 1. The van der Waals surface area contributed by atoms with Crippen LogP contribution in [0.25, 0.3) is 0 Å². The smallest absolute Gasteiger partial charge is 0.329 e. The van der Waals surface area contributed by atoms with Gasteiger partial charge < -0.3 is 15.7 Å². The second-order valence-electron chi connectivity index (χ2n) is 4.97. The van der Waals surface area contributed by atoms with Crippen LogP contribution in [-0.2, 0) is 4.79 Å². The molecule has 0 radical (unpaired) electrons. The number of hydrogen-bond acceptors (Lipinski definition) is 2. The van der Waals surface area contributed by atoms with E-state index in [1.807, 2.05) is 0 Å². The van der Waals surface area contributed by atoms with Crippen molar-refractivity contribution < 1.29 is 14.7 Å². The van der Waals surface area contributed by atoms with Crippen molar-refractivity contribution in [2.75, 3.05) is 0 Å². The molecule has 0 spiro atoms. The molecule has 0 unspecified atom stereocenters. The van der Waals surface area contributed by atoms with Gasteiger partial charge in [-0.1, -0.05) is 20.8 Å². The standard InChI is InChI=1S/C12H22N2O3/c1-4-12(5-2,10(15)16)14-11(17)13-9-6-8(3)7-9/h8-9H,4-7H2,1-3H3,(H,15,16)(H2,13,14,17). The van der Waals surface area contributed by atoms with E-state index in [0.29, 0.717) is 18.8 Å². The zero-order valence-electron chi connectivity index (χ0n) is 10.7. The summed E-state index contributed by atoms with van der Waals surface area (Å²) in [5, 5.41) is 14.6. The third-order valence-corrected chi connectivity index (χ3v) is 3.68. The van der Waals surface area contributed by atoms with Crippen LogP contribution in [0, 0.1) is 5.92 Å². The van der Waals surface area contributed by atoms with E-state index in [-0.39, 0.29) is 12.1 Å². The van der Waals surface area contributed by atoms with Crippen molar-refractivity contribution in [1.29, 1.82) is 0 Å². The largest absolute Gasteiger partial charge is 0.480 e. The van der Waals surface area contributed by atoms with Crippen molar-refractivity contribution in [3.8, 4) is 0 Å². The highest BCUT2D eigenvalue weighted by molar-refractivity contribution is 5.86. The third kappa shape index (κ3) is 3.11. The fraction of sp³-hybridized carbons (Fsp3) is 0.833. The SMILES string of the molecule is CCC(CC)(NC(=O)NC1CC(C)C1)C(=O)O. The second-order valence-corrected chi connectivity index (χ2v) is 4.97. The summed E-state index contributed by atoms with van der Waals surface area (Å²) in [7, 11) is 0. The monoisotopic (exact) mass is 242 g/mol. The van der Waals surface area contributed by atoms with Gasteiger partial charge in [0.15, 0.2) is 0 Å². The number of amides is 2. The van der Waals surface area contributed by atoms with Gasteiger partial charge in [0, 0.05) is 6.04 Å². The second kappa shape index (κ2) is 5.38. The molecule has 1 fully saturated rings. The lowest BCUT2D eigenvalue weighted by molar-refractivity contribution is -0.144. The molecule has 0 aromatic heterocycles. The fourth-order valence-electron chi connectivity index (χ4n) is 2.24. The Morgan fingerprint density at radius 2 is 1.82 bits per heavy atom. The first-order valence-corrected chi connectivity index (χ1v) is 6.25. The highest BCUT2D eigenvalue weighted by Gasteiger charge is 2.37. The molecule has 1 aliphatic rings. The van der Waals surface area contributed by atoms with Gasteiger partial charge >= 0.3 is 12.0 Å². The maximum atomic E-state index is 11.7. The quantitative estimate of drug-likeness (QED) is 0.687. The number of carbonyl (C=O) groups is 2. The summed E-state index contributed by atoms with van der Waals surface area (Å²) in [6.45, 7) is 5.67. The van der Waals surface area contributed by atoms with Crippen LogP contribution in [0.15, 0.2) is 0 Å². The van der Waals surface area contributed by atoms with Crippen molar-refractivity contribution in [2.24, 2.45) is 5.92 Å².